The number of piperazine rings is 1. The molecule has 1 saturated heterocycles. The summed E-state index contributed by atoms with van der Waals surface area (Å²) in [5.41, 5.74) is 5.12. The average molecular weight is 294 g/mol. The molecule has 6 nitrogen and oxygen atoms in total. The van der Waals surface area contributed by atoms with Crippen LogP contribution in [0.2, 0.25) is 0 Å². The van der Waals surface area contributed by atoms with Crippen LogP contribution in [-0.4, -0.2) is 59.5 Å². The van der Waals surface area contributed by atoms with Crippen molar-refractivity contribution >= 4 is 11.7 Å². The van der Waals surface area contributed by atoms with E-state index in [9.17, 15) is 4.79 Å². The Morgan fingerprint density at radius 1 is 1.19 bits per heavy atom. The molecule has 3 fully saturated rings. The Morgan fingerprint density at radius 2 is 1.81 bits per heavy atom. The average Bonchev–Trinajstić information content (AvgIpc) is 3.19. The van der Waals surface area contributed by atoms with Gasteiger partial charge in [0, 0.05) is 32.7 Å². The third-order valence-electron chi connectivity index (χ3n) is 5.34. The van der Waals surface area contributed by atoms with E-state index in [4.69, 9.17) is 10.9 Å². The van der Waals surface area contributed by atoms with Gasteiger partial charge in [-0.15, -0.1) is 0 Å². The molecule has 6 heteroatoms. The molecule has 1 amide bonds. The summed E-state index contributed by atoms with van der Waals surface area (Å²) in [5.74, 6) is 1.07. The SMILES string of the molecule is NC(=NO)C1(C(=O)N2CCN(CC3CC3)CC2)CCCC1. The Labute approximate surface area is 125 Å². The molecule has 0 radical (unpaired) electrons. The third-order valence-corrected chi connectivity index (χ3v) is 5.34. The maximum atomic E-state index is 12.9. The van der Waals surface area contributed by atoms with Crippen molar-refractivity contribution in [3.05, 3.63) is 0 Å². The van der Waals surface area contributed by atoms with Crippen LogP contribution >= 0.6 is 0 Å². The third kappa shape index (κ3) is 2.86. The zero-order valence-electron chi connectivity index (χ0n) is 12.6. The standard InChI is InChI=1S/C15H26N4O2/c16-13(17-21)15(5-1-2-6-15)14(20)19-9-7-18(8-10-19)11-12-3-4-12/h12,21H,1-11H2,(H2,16,17). The Morgan fingerprint density at radius 3 is 2.33 bits per heavy atom. The maximum Gasteiger partial charge on any atom is 0.236 e. The monoisotopic (exact) mass is 294 g/mol. The van der Waals surface area contributed by atoms with Crippen molar-refractivity contribution in [3.8, 4) is 0 Å². The molecule has 1 heterocycles. The van der Waals surface area contributed by atoms with Crippen LogP contribution in [0.3, 0.4) is 0 Å². The first-order valence-electron chi connectivity index (χ1n) is 8.15. The minimum Gasteiger partial charge on any atom is -0.409 e. The number of hydrogen-bond donors (Lipinski definition) is 2. The van der Waals surface area contributed by atoms with Crippen LogP contribution in [0.15, 0.2) is 5.16 Å². The Kier molecular flexibility index (Phi) is 4.06. The van der Waals surface area contributed by atoms with Gasteiger partial charge < -0.3 is 15.8 Å². The van der Waals surface area contributed by atoms with Crippen molar-refractivity contribution in [1.82, 2.24) is 9.80 Å². The predicted octanol–water partition coefficient (Wildman–Crippen LogP) is 0.847. The second kappa shape index (κ2) is 5.83. The summed E-state index contributed by atoms with van der Waals surface area (Å²) in [6.07, 6.45) is 6.11. The van der Waals surface area contributed by atoms with E-state index < -0.39 is 5.41 Å². The first-order chi connectivity index (χ1) is 10.2. The summed E-state index contributed by atoms with van der Waals surface area (Å²) in [4.78, 5) is 17.3. The summed E-state index contributed by atoms with van der Waals surface area (Å²) in [7, 11) is 0. The molecule has 21 heavy (non-hydrogen) atoms. The molecule has 3 N–H and O–H groups in total. The van der Waals surface area contributed by atoms with Crippen LogP contribution in [0.4, 0.5) is 0 Å². The molecule has 0 unspecified atom stereocenters. The second-order valence-electron chi connectivity index (χ2n) is 6.81. The highest BCUT2D eigenvalue weighted by Crippen LogP contribution is 2.40. The van der Waals surface area contributed by atoms with E-state index in [-0.39, 0.29) is 11.7 Å². The highest BCUT2D eigenvalue weighted by atomic mass is 16.4. The quantitative estimate of drug-likeness (QED) is 0.348. The molecular weight excluding hydrogens is 268 g/mol. The first-order valence-corrected chi connectivity index (χ1v) is 8.15. The molecule has 0 aromatic rings. The summed E-state index contributed by atoms with van der Waals surface area (Å²) < 4.78 is 0. The smallest absolute Gasteiger partial charge is 0.236 e. The summed E-state index contributed by atoms with van der Waals surface area (Å²) in [6.45, 7) is 4.63. The number of amides is 1. The van der Waals surface area contributed by atoms with Gasteiger partial charge in [0.2, 0.25) is 5.91 Å². The molecule has 2 aliphatic carbocycles. The van der Waals surface area contributed by atoms with Gasteiger partial charge in [-0.3, -0.25) is 9.69 Å². The Bertz CT molecular complexity index is 419. The lowest BCUT2D eigenvalue weighted by Crippen LogP contribution is -2.56. The van der Waals surface area contributed by atoms with Crippen molar-refractivity contribution in [1.29, 1.82) is 0 Å². The van der Waals surface area contributed by atoms with Gasteiger partial charge in [0.1, 0.15) is 5.41 Å². The van der Waals surface area contributed by atoms with E-state index in [1.165, 1.54) is 19.4 Å². The van der Waals surface area contributed by atoms with E-state index in [1.807, 2.05) is 4.90 Å². The number of nitrogens with zero attached hydrogens (tertiary/aromatic N) is 3. The van der Waals surface area contributed by atoms with Crippen LogP contribution < -0.4 is 5.73 Å². The van der Waals surface area contributed by atoms with Crippen LogP contribution in [0.25, 0.3) is 0 Å². The largest absolute Gasteiger partial charge is 0.409 e. The molecule has 0 aromatic carbocycles. The van der Waals surface area contributed by atoms with Gasteiger partial charge >= 0.3 is 0 Å². The second-order valence-corrected chi connectivity index (χ2v) is 6.81. The van der Waals surface area contributed by atoms with Gasteiger partial charge in [0.15, 0.2) is 5.84 Å². The fourth-order valence-electron chi connectivity index (χ4n) is 3.76. The molecular formula is C15H26N4O2. The zero-order valence-corrected chi connectivity index (χ0v) is 12.6. The molecule has 3 rings (SSSR count). The van der Waals surface area contributed by atoms with Crippen LogP contribution in [0.1, 0.15) is 38.5 Å². The highest BCUT2D eigenvalue weighted by molar-refractivity contribution is 6.07. The molecule has 0 spiro atoms. The predicted molar refractivity (Wildman–Crippen MR) is 80.1 cm³/mol. The van der Waals surface area contributed by atoms with Crippen LogP contribution in [0.5, 0.6) is 0 Å². The van der Waals surface area contributed by atoms with Gasteiger partial charge in [-0.1, -0.05) is 18.0 Å². The molecule has 3 aliphatic rings. The van der Waals surface area contributed by atoms with Crippen LogP contribution in [0, 0.1) is 11.3 Å². The first kappa shape index (κ1) is 14.6. The summed E-state index contributed by atoms with van der Waals surface area (Å²) >= 11 is 0. The van der Waals surface area contributed by atoms with E-state index in [0.29, 0.717) is 12.8 Å². The lowest BCUT2D eigenvalue weighted by atomic mass is 9.83. The molecule has 1 aliphatic heterocycles. The summed E-state index contributed by atoms with van der Waals surface area (Å²) in [5, 5.41) is 12.2. The minimum absolute atomic E-state index is 0.0707. The van der Waals surface area contributed by atoms with Crippen molar-refractivity contribution in [2.75, 3.05) is 32.7 Å². The van der Waals surface area contributed by atoms with Gasteiger partial charge in [-0.25, -0.2) is 0 Å². The summed E-state index contributed by atoms with van der Waals surface area (Å²) in [6, 6.07) is 0. The molecule has 118 valence electrons. The van der Waals surface area contributed by atoms with E-state index >= 15 is 0 Å². The number of rotatable bonds is 4. The fourth-order valence-corrected chi connectivity index (χ4v) is 3.76. The molecule has 0 bridgehead atoms. The Balaban J connectivity index is 1.61. The molecule has 2 saturated carbocycles. The van der Waals surface area contributed by atoms with Gasteiger partial charge in [-0.2, -0.15) is 0 Å². The number of amidine groups is 1. The number of carbonyl (C=O) groups is 1. The number of hydrogen-bond acceptors (Lipinski definition) is 4. The lowest BCUT2D eigenvalue weighted by molar-refractivity contribution is -0.140. The van der Waals surface area contributed by atoms with Crippen molar-refractivity contribution in [2.45, 2.75) is 38.5 Å². The van der Waals surface area contributed by atoms with Crippen molar-refractivity contribution in [3.63, 3.8) is 0 Å². The van der Waals surface area contributed by atoms with Crippen molar-refractivity contribution in [2.24, 2.45) is 22.2 Å². The highest BCUT2D eigenvalue weighted by Gasteiger charge is 2.47. The number of nitrogens with two attached hydrogens (primary N) is 1. The minimum atomic E-state index is -0.743. The molecule has 0 aromatic heterocycles. The molecule has 0 atom stereocenters. The van der Waals surface area contributed by atoms with E-state index in [1.54, 1.807) is 0 Å². The van der Waals surface area contributed by atoms with Gasteiger partial charge in [0.25, 0.3) is 0 Å². The normalized spacial score (nSPS) is 27.0. The Hall–Kier alpha value is -1.30. The lowest BCUT2D eigenvalue weighted by Gasteiger charge is -2.39. The zero-order chi connectivity index (χ0) is 14.9. The van der Waals surface area contributed by atoms with Crippen molar-refractivity contribution < 1.29 is 10.0 Å². The van der Waals surface area contributed by atoms with E-state index in [0.717, 1.165) is 44.9 Å². The van der Waals surface area contributed by atoms with Gasteiger partial charge in [0.05, 0.1) is 0 Å². The number of carbonyl (C=O) groups excluding carboxylic acids is 1. The fraction of sp³-hybridized carbons (Fsp3) is 0.867. The van der Waals surface area contributed by atoms with E-state index in [2.05, 4.69) is 10.1 Å². The number of oxime groups is 1. The maximum absolute atomic E-state index is 12.9. The topological polar surface area (TPSA) is 82.2 Å². The van der Waals surface area contributed by atoms with Gasteiger partial charge in [-0.05, 0) is 31.6 Å². The van der Waals surface area contributed by atoms with Crippen LogP contribution in [-0.2, 0) is 4.79 Å².